The van der Waals surface area contributed by atoms with E-state index in [-0.39, 0.29) is 53.8 Å². The Kier molecular flexibility index (Phi) is 12.9. The molecule has 296 valence electrons. The Morgan fingerprint density at radius 2 is 1.70 bits per heavy atom. The van der Waals surface area contributed by atoms with Gasteiger partial charge in [0.2, 0.25) is 11.7 Å². The third-order valence-corrected chi connectivity index (χ3v) is 12.6. The summed E-state index contributed by atoms with van der Waals surface area (Å²) in [6.07, 6.45) is 17.0. The molecule has 0 aromatic carbocycles. The molecule has 1 aliphatic heterocycles. The Bertz CT molecular complexity index is 1560. The van der Waals surface area contributed by atoms with E-state index in [0.717, 1.165) is 88.3 Å². The lowest BCUT2D eigenvalue weighted by Crippen LogP contribution is -2.61. The van der Waals surface area contributed by atoms with E-state index in [1.54, 1.807) is 6.20 Å². The minimum absolute atomic E-state index is 0.0308. The standard InChI is InChI=1S/C42H63N7O5/c1-6-25(2)22-31(36(50)40(53)45-29-18-19-29)46-39(52)35-30-17-11-16-28(30)24-49(35)41(54)37(42(3,4)5)47-33(27-14-10-15-27)34(26-12-8-7-9-13-26)48-38(51)32-23-43-20-21-44-32/h20-21,23,26,28-31,34-35,37,39,46-47,52H,2,6-19,22,24H2,1,3-5H3,(H,45,53)(H,48,51)/t28-,30-,31?,34?,35?,37?,39?/m0/s1. The molecule has 1 aromatic heterocycles. The lowest BCUT2D eigenvalue weighted by Gasteiger charge is -2.43. The average Bonchev–Trinajstić information content (AvgIpc) is 3.70. The van der Waals surface area contributed by atoms with Gasteiger partial charge < -0.3 is 26.0 Å². The summed E-state index contributed by atoms with van der Waals surface area (Å²) in [5.41, 5.74) is 2.72. The van der Waals surface area contributed by atoms with Gasteiger partial charge in [-0.2, -0.15) is 0 Å². The number of aliphatic hydroxyl groups is 1. The normalized spacial score (nSPS) is 25.1. The molecule has 4 saturated carbocycles. The number of rotatable bonds is 16. The molecule has 6 rings (SSSR count). The molecule has 5 unspecified atom stereocenters. The number of hydrogen-bond acceptors (Lipinski definition) is 9. The van der Waals surface area contributed by atoms with Gasteiger partial charge in [0.15, 0.2) is 0 Å². The Balaban J connectivity index is 1.28. The van der Waals surface area contributed by atoms with Crippen LogP contribution in [0.5, 0.6) is 0 Å². The van der Waals surface area contributed by atoms with Crippen LogP contribution < -0.4 is 21.3 Å². The van der Waals surface area contributed by atoms with Crippen LogP contribution in [0.1, 0.15) is 134 Å². The molecular weight excluding hydrogens is 683 g/mol. The van der Waals surface area contributed by atoms with Crippen molar-refractivity contribution in [2.24, 2.45) is 23.2 Å². The molecule has 12 nitrogen and oxygen atoms in total. The Morgan fingerprint density at radius 3 is 2.31 bits per heavy atom. The number of aromatic nitrogens is 2. The van der Waals surface area contributed by atoms with Gasteiger partial charge in [-0.3, -0.25) is 29.5 Å². The fourth-order valence-electron chi connectivity index (χ4n) is 9.13. The molecule has 5 fully saturated rings. The van der Waals surface area contributed by atoms with E-state index in [4.69, 9.17) is 0 Å². The Hall–Kier alpha value is -3.64. The lowest BCUT2D eigenvalue weighted by molar-refractivity contribution is -0.142. The predicted octanol–water partition coefficient (Wildman–Crippen LogP) is 4.71. The van der Waals surface area contributed by atoms with E-state index in [1.165, 1.54) is 24.4 Å². The zero-order valence-electron chi connectivity index (χ0n) is 32.9. The number of nitrogens with zero attached hydrogens (tertiary/aromatic N) is 3. The molecule has 0 radical (unpaired) electrons. The van der Waals surface area contributed by atoms with Crippen molar-refractivity contribution in [2.75, 3.05) is 6.54 Å². The van der Waals surface area contributed by atoms with Crippen molar-refractivity contribution >= 4 is 23.5 Å². The molecule has 3 amide bonds. The number of ketones is 1. The summed E-state index contributed by atoms with van der Waals surface area (Å²) in [5.74, 6) is -1.13. The average molecular weight is 746 g/mol. The molecule has 12 heteroatoms. The van der Waals surface area contributed by atoms with E-state index in [9.17, 15) is 19.5 Å². The van der Waals surface area contributed by atoms with Crippen LogP contribution in [0.3, 0.4) is 0 Å². The maximum atomic E-state index is 15.2. The molecule has 1 aromatic rings. The molecule has 1 saturated heterocycles. The summed E-state index contributed by atoms with van der Waals surface area (Å²) < 4.78 is 0. The third kappa shape index (κ3) is 9.41. The van der Waals surface area contributed by atoms with Gasteiger partial charge in [-0.1, -0.05) is 65.5 Å². The van der Waals surface area contributed by atoms with E-state index in [2.05, 4.69) is 58.6 Å². The van der Waals surface area contributed by atoms with Crippen LogP contribution in [-0.4, -0.2) is 86.5 Å². The molecule has 2 heterocycles. The van der Waals surface area contributed by atoms with Gasteiger partial charge in [0.05, 0.1) is 24.3 Å². The van der Waals surface area contributed by atoms with Crippen molar-refractivity contribution < 1.29 is 24.3 Å². The van der Waals surface area contributed by atoms with Crippen molar-refractivity contribution in [3.63, 3.8) is 0 Å². The fraction of sp³-hybridized carbons (Fsp3) is 0.714. The first-order valence-electron chi connectivity index (χ1n) is 20.7. The molecule has 5 aliphatic rings. The van der Waals surface area contributed by atoms with E-state index < -0.39 is 41.5 Å². The number of allylic oxidation sites excluding steroid dienone is 1. The highest BCUT2D eigenvalue weighted by atomic mass is 16.3. The van der Waals surface area contributed by atoms with Gasteiger partial charge in [0.1, 0.15) is 18.0 Å². The number of Topliss-reactive ketones (excluding diaryl/α,β-unsaturated/α-hetero) is 1. The van der Waals surface area contributed by atoms with Crippen LogP contribution in [0, 0.1) is 23.2 Å². The number of likely N-dealkylation sites (tertiary alicyclic amines) is 1. The number of fused-ring (bicyclic) bond motifs is 1. The van der Waals surface area contributed by atoms with Crippen LogP contribution in [0.25, 0.3) is 0 Å². The molecule has 5 N–H and O–H groups in total. The summed E-state index contributed by atoms with van der Waals surface area (Å²) in [6.45, 7) is 12.8. The van der Waals surface area contributed by atoms with Crippen LogP contribution in [0.4, 0.5) is 0 Å². The van der Waals surface area contributed by atoms with Gasteiger partial charge in [-0.15, -0.1) is 0 Å². The largest absolute Gasteiger partial charge is 0.376 e. The summed E-state index contributed by atoms with van der Waals surface area (Å²) in [4.78, 5) is 65.6. The highest BCUT2D eigenvalue weighted by Gasteiger charge is 2.52. The highest BCUT2D eigenvalue weighted by Crippen LogP contribution is 2.44. The molecule has 7 atom stereocenters. The maximum absolute atomic E-state index is 15.2. The van der Waals surface area contributed by atoms with Crippen molar-refractivity contribution in [1.82, 2.24) is 36.1 Å². The number of amides is 3. The second-order valence-corrected chi connectivity index (χ2v) is 17.7. The van der Waals surface area contributed by atoms with Crippen LogP contribution in [0.15, 0.2) is 42.0 Å². The molecule has 0 bridgehead atoms. The van der Waals surface area contributed by atoms with Crippen molar-refractivity contribution in [1.29, 1.82) is 0 Å². The zero-order valence-corrected chi connectivity index (χ0v) is 32.9. The van der Waals surface area contributed by atoms with Gasteiger partial charge in [-0.05, 0) is 99.4 Å². The maximum Gasteiger partial charge on any atom is 0.289 e. The monoisotopic (exact) mass is 745 g/mol. The fourth-order valence-corrected chi connectivity index (χ4v) is 9.13. The number of aliphatic hydroxyl groups excluding tert-OH is 1. The summed E-state index contributed by atoms with van der Waals surface area (Å²) in [5, 5.41) is 25.2. The molecule has 54 heavy (non-hydrogen) atoms. The first kappa shape index (κ1) is 40.0. The quantitative estimate of drug-likeness (QED) is 0.0916. The summed E-state index contributed by atoms with van der Waals surface area (Å²) in [7, 11) is 0. The predicted molar refractivity (Wildman–Crippen MR) is 207 cm³/mol. The SMILES string of the molecule is C=C(CC)CC(NC(O)C1[C@H]2CCC[C@H]2CN1C(=O)C(NC(=C1CCC1)C(NC(=O)c1cnccn1)C1CCCCC1)C(C)(C)C)C(=O)C(=O)NC1CC1. The molecular formula is C42H63N7O5. The first-order valence-corrected chi connectivity index (χ1v) is 20.7. The smallest absolute Gasteiger partial charge is 0.289 e. The number of hydrogen-bond donors (Lipinski definition) is 5. The first-order chi connectivity index (χ1) is 25.8. The Morgan fingerprint density at radius 1 is 0.963 bits per heavy atom. The number of carbonyl (C=O) groups excluding carboxylic acids is 4. The number of nitrogens with one attached hydrogen (secondary N) is 4. The van der Waals surface area contributed by atoms with Crippen LogP contribution in [-0.2, 0) is 14.4 Å². The van der Waals surface area contributed by atoms with Crippen molar-refractivity contribution in [3.05, 3.63) is 47.7 Å². The van der Waals surface area contributed by atoms with E-state index in [1.807, 2.05) is 11.8 Å². The lowest BCUT2D eigenvalue weighted by atomic mass is 9.77. The second-order valence-electron chi connectivity index (χ2n) is 17.7. The van der Waals surface area contributed by atoms with Crippen LogP contribution >= 0.6 is 0 Å². The van der Waals surface area contributed by atoms with Gasteiger partial charge in [0.25, 0.3) is 11.8 Å². The summed E-state index contributed by atoms with van der Waals surface area (Å²) in [6, 6.07) is -2.46. The zero-order chi connectivity index (χ0) is 38.6. The topological polar surface area (TPSA) is 166 Å². The van der Waals surface area contributed by atoms with Gasteiger partial charge in [-0.25, -0.2) is 4.98 Å². The van der Waals surface area contributed by atoms with Crippen molar-refractivity contribution in [3.8, 4) is 0 Å². The minimum Gasteiger partial charge on any atom is -0.376 e. The minimum atomic E-state index is -1.22. The van der Waals surface area contributed by atoms with E-state index >= 15 is 4.79 Å². The molecule has 4 aliphatic carbocycles. The number of carbonyl (C=O) groups is 4. The third-order valence-electron chi connectivity index (χ3n) is 12.6. The molecule has 0 spiro atoms. The summed E-state index contributed by atoms with van der Waals surface area (Å²) >= 11 is 0. The highest BCUT2D eigenvalue weighted by molar-refractivity contribution is 6.38. The second kappa shape index (κ2) is 17.4. The van der Waals surface area contributed by atoms with Crippen molar-refractivity contribution in [2.45, 2.75) is 160 Å². The Labute approximate surface area is 321 Å². The van der Waals surface area contributed by atoms with E-state index in [0.29, 0.717) is 13.0 Å². The van der Waals surface area contributed by atoms with Gasteiger partial charge in [0, 0.05) is 30.7 Å². The van der Waals surface area contributed by atoms with Crippen LogP contribution in [0.2, 0.25) is 0 Å². The van der Waals surface area contributed by atoms with Gasteiger partial charge >= 0.3 is 0 Å².